The van der Waals surface area contributed by atoms with E-state index in [1.165, 1.54) is 0 Å². The highest BCUT2D eigenvalue weighted by Crippen LogP contribution is 2.30. The molecule has 0 unspecified atom stereocenters. The summed E-state index contributed by atoms with van der Waals surface area (Å²) in [6.45, 7) is 2.55. The number of nitrogens with zero attached hydrogens (tertiary/aromatic N) is 3. The Hall–Kier alpha value is -2.63. The maximum Gasteiger partial charge on any atom is 0.253 e. The van der Waals surface area contributed by atoms with Crippen LogP contribution in [0.5, 0.6) is 0 Å². The topological polar surface area (TPSA) is 67.2 Å². The third kappa shape index (κ3) is 3.73. The molecule has 1 saturated carbocycles. The zero-order valence-electron chi connectivity index (χ0n) is 14.7. The Morgan fingerprint density at radius 2 is 2.12 bits per heavy atom. The Morgan fingerprint density at radius 1 is 1.32 bits per heavy atom. The molecular weight excluding hydrogens is 316 g/mol. The molecule has 6 nitrogen and oxygen atoms in total. The van der Waals surface area contributed by atoms with Crippen LogP contribution in [-0.4, -0.2) is 45.9 Å². The van der Waals surface area contributed by atoms with E-state index in [9.17, 15) is 9.59 Å². The lowest BCUT2D eigenvalue weighted by atomic mass is 10.1. The van der Waals surface area contributed by atoms with E-state index in [4.69, 9.17) is 0 Å². The summed E-state index contributed by atoms with van der Waals surface area (Å²) in [6, 6.07) is 7.24. The number of benzene rings is 1. The van der Waals surface area contributed by atoms with Gasteiger partial charge in [0, 0.05) is 43.2 Å². The molecule has 1 aliphatic carbocycles. The second-order valence-corrected chi connectivity index (χ2v) is 6.49. The molecule has 1 fully saturated rings. The van der Waals surface area contributed by atoms with Crippen LogP contribution >= 0.6 is 0 Å². The third-order valence-electron chi connectivity index (χ3n) is 4.90. The van der Waals surface area contributed by atoms with Gasteiger partial charge in [-0.3, -0.25) is 9.59 Å². The van der Waals surface area contributed by atoms with Gasteiger partial charge in [0.15, 0.2) is 0 Å². The van der Waals surface area contributed by atoms with Crippen molar-refractivity contribution in [2.24, 2.45) is 0 Å². The molecule has 2 amide bonds. The van der Waals surface area contributed by atoms with Crippen LogP contribution in [0, 0.1) is 0 Å². The SMILES string of the molecule is CCN(C)C(=O)c1cccc(C(=O)N[C@@H]2CCC[C@@H]2n2ccnc2)c1. The monoisotopic (exact) mass is 340 g/mol. The highest BCUT2D eigenvalue weighted by molar-refractivity contribution is 5.99. The summed E-state index contributed by atoms with van der Waals surface area (Å²) < 4.78 is 2.06. The van der Waals surface area contributed by atoms with Crippen molar-refractivity contribution in [3.8, 4) is 0 Å². The first-order chi connectivity index (χ1) is 12.1. The number of carbonyl (C=O) groups is 2. The van der Waals surface area contributed by atoms with Gasteiger partial charge < -0.3 is 14.8 Å². The van der Waals surface area contributed by atoms with Gasteiger partial charge in [-0.15, -0.1) is 0 Å². The van der Waals surface area contributed by atoms with Gasteiger partial charge in [-0.05, 0) is 44.4 Å². The summed E-state index contributed by atoms with van der Waals surface area (Å²) in [5.41, 5.74) is 1.06. The summed E-state index contributed by atoms with van der Waals surface area (Å²) in [4.78, 5) is 30.7. The van der Waals surface area contributed by atoms with Gasteiger partial charge in [-0.1, -0.05) is 6.07 Å². The highest BCUT2D eigenvalue weighted by atomic mass is 16.2. The Labute approximate surface area is 147 Å². The molecule has 0 spiro atoms. The maximum atomic E-state index is 12.7. The molecule has 0 bridgehead atoms. The predicted octanol–water partition coefficient (Wildman–Crippen LogP) is 2.50. The first kappa shape index (κ1) is 17.2. The minimum Gasteiger partial charge on any atom is -0.347 e. The van der Waals surface area contributed by atoms with Crippen LogP contribution in [0.3, 0.4) is 0 Å². The fourth-order valence-electron chi connectivity index (χ4n) is 3.34. The lowest BCUT2D eigenvalue weighted by molar-refractivity contribution is 0.0802. The Morgan fingerprint density at radius 3 is 2.84 bits per heavy atom. The molecule has 1 aromatic carbocycles. The van der Waals surface area contributed by atoms with E-state index >= 15 is 0 Å². The number of carbonyl (C=O) groups excluding carboxylic acids is 2. The first-order valence-electron chi connectivity index (χ1n) is 8.74. The number of aromatic nitrogens is 2. The van der Waals surface area contributed by atoms with E-state index in [0.717, 1.165) is 19.3 Å². The minimum absolute atomic E-state index is 0.0747. The summed E-state index contributed by atoms with van der Waals surface area (Å²) in [5.74, 6) is -0.208. The Balaban J connectivity index is 1.72. The summed E-state index contributed by atoms with van der Waals surface area (Å²) in [5, 5.41) is 3.13. The van der Waals surface area contributed by atoms with Crippen molar-refractivity contribution in [1.82, 2.24) is 19.8 Å². The Kier molecular flexibility index (Phi) is 5.16. The van der Waals surface area contributed by atoms with E-state index in [1.54, 1.807) is 48.7 Å². The van der Waals surface area contributed by atoms with Crippen molar-refractivity contribution >= 4 is 11.8 Å². The van der Waals surface area contributed by atoms with Crippen LogP contribution in [0.4, 0.5) is 0 Å². The highest BCUT2D eigenvalue weighted by Gasteiger charge is 2.30. The van der Waals surface area contributed by atoms with Crippen molar-refractivity contribution in [1.29, 1.82) is 0 Å². The first-order valence-corrected chi connectivity index (χ1v) is 8.74. The van der Waals surface area contributed by atoms with Crippen molar-refractivity contribution in [3.05, 3.63) is 54.1 Å². The van der Waals surface area contributed by atoms with Crippen LogP contribution in [0.15, 0.2) is 43.0 Å². The number of imidazole rings is 1. The predicted molar refractivity (Wildman–Crippen MR) is 95.4 cm³/mol. The van der Waals surface area contributed by atoms with E-state index in [0.29, 0.717) is 17.7 Å². The largest absolute Gasteiger partial charge is 0.347 e. The molecule has 1 N–H and O–H groups in total. The van der Waals surface area contributed by atoms with Crippen LogP contribution in [-0.2, 0) is 0 Å². The van der Waals surface area contributed by atoms with Gasteiger partial charge in [0.1, 0.15) is 0 Å². The van der Waals surface area contributed by atoms with Gasteiger partial charge in [0.05, 0.1) is 12.4 Å². The zero-order chi connectivity index (χ0) is 17.8. The van der Waals surface area contributed by atoms with Crippen molar-refractivity contribution in [2.45, 2.75) is 38.3 Å². The number of nitrogens with one attached hydrogen (secondary N) is 1. The van der Waals surface area contributed by atoms with Gasteiger partial charge >= 0.3 is 0 Å². The maximum absolute atomic E-state index is 12.7. The number of rotatable bonds is 5. The summed E-state index contributed by atoms with van der Waals surface area (Å²) in [6.07, 6.45) is 8.56. The van der Waals surface area contributed by atoms with E-state index < -0.39 is 0 Å². The van der Waals surface area contributed by atoms with Crippen molar-refractivity contribution in [3.63, 3.8) is 0 Å². The summed E-state index contributed by atoms with van der Waals surface area (Å²) >= 11 is 0. The van der Waals surface area contributed by atoms with E-state index in [2.05, 4.69) is 14.9 Å². The van der Waals surface area contributed by atoms with Crippen LogP contribution < -0.4 is 5.32 Å². The van der Waals surface area contributed by atoms with Crippen molar-refractivity contribution in [2.75, 3.05) is 13.6 Å². The molecule has 2 atom stereocenters. The average molecular weight is 340 g/mol. The molecule has 0 saturated heterocycles. The number of hydrogen-bond acceptors (Lipinski definition) is 3. The van der Waals surface area contributed by atoms with Crippen LogP contribution in [0.2, 0.25) is 0 Å². The van der Waals surface area contributed by atoms with Crippen molar-refractivity contribution < 1.29 is 9.59 Å². The number of amides is 2. The fourth-order valence-corrected chi connectivity index (χ4v) is 3.34. The lowest BCUT2D eigenvalue weighted by Crippen LogP contribution is -2.38. The van der Waals surface area contributed by atoms with Gasteiger partial charge in [-0.25, -0.2) is 4.98 Å². The fraction of sp³-hybridized carbons (Fsp3) is 0.421. The van der Waals surface area contributed by atoms with E-state index in [-0.39, 0.29) is 23.9 Å². The second kappa shape index (κ2) is 7.51. The van der Waals surface area contributed by atoms with Crippen LogP contribution in [0.25, 0.3) is 0 Å². The van der Waals surface area contributed by atoms with Gasteiger partial charge in [0.25, 0.3) is 11.8 Å². The lowest BCUT2D eigenvalue weighted by Gasteiger charge is -2.22. The molecule has 25 heavy (non-hydrogen) atoms. The molecule has 1 aromatic heterocycles. The Bertz CT molecular complexity index is 742. The number of hydrogen-bond donors (Lipinski definition) is 1. The van der Waals surface area contributed by atoms with Crippen LogP contribution in [0.1, 0.15) is 52.9 Å². The standard InChI is InChI=1S/C19H24N4O2/c1-3-22(2)19(25)15-7-4-6-14(12-15)18(24)21-16-8-5-9-17(16)23-11-10-20-13-23/h4,6-7,10-13,16-17H,3,5,8-9H2,1-2H3,(H,21,24)/t16-,17+/m1/s1. The smallest absolute Gasteiger partial charge is 0.253 e. The molecular formula is C19H24N4O2. The zero-order valence-corrected chi connectivity index (χ0v) is 14.7. The molecule has 1 heterocycles. The molecule has 0 aliphatic heterocycles. The van der Waals surface area contributed by atoms with E-state index in [1.807, 2.05) is 13.1 Å². The molecule has 3 rings (SSSR count). The minimum atomic E-state index is -0.134. The average Bonchev–Trinajstić information content (AvgIpc) is 3.31. The van der Waals surface area contributed by atoms with Gasteiger partial charge in [-0.2, -0.15) is 0 Å². The molecule has 0 radical (unpaired) electrons. The van der Waals surface area contributed by atoms with Gasteiger partial charge in [0.2, 0.25) is 0 Å². The third-order valence-corrected chi connectivity index (χ3v) is 4.90. The second-order valence-electron chi connectivity index (χ2n) is 6.49. The molecule has 132 valence electrons. The quantitative estimate of drug-likeness (QED) is 0.909. The molecule has 6 heteroatoms. The molecule has 1 aliphatic rings. The molecule has 2 aromatic rings. The normalized spacial score (nSPS) is 19.6. The summed E-state index contributed by atoms with van der Waals surface area (Å²) in [7, 11) is 1.75.